The minimum atomic E-state index is -0.559. The summed E-state index contributed by atoms with van der Waals surface area (Å²) in [7, 11) is 0. The summed E-state index contributed by atoms with van der Waals surface area (Å²) in [6.45, 7) is 4.35. The van der Waals surface area contributed by atoms with Crippen molar-refractivity contribution in [3.05, 3.63) is 76.5 Å². The summed E-state index contributed by atoms with van der Waals surface area (Å²) >= 11 is 0. The molecule has 0 fully saturated rings. The SMILES string of the molecule is CCOc1ccc(NC2=N[C@H](c3cccnc3)n3c(nc(C)cc3=O)N2)cc1. The van der Waals surface area contributed by atoms with Crippen molar-refractivity contribution in [2.45, 2.75) is 20.0 Å². The molecule has 1 aliphatic rings. The Bertz CT molecular complexity index is 1060. The van der Waals surface area contributed by atoms with Crippen LogP contribution < -0.4 is 20.9 Å². The number of hydrogen-bond acceptors (Lipinski definition) is 7. The lowest BCUT2D eigenvalue weighted by atomic mass is 10.2. The van der Waals surface area contributed by atoms with Gasteiger partial charge in [0.2, 0.25) is 11.9 Å². The number of fused-ring (bicyclic) bond motifs is 1. The van der Waals surface area contributed by atoms with E-state index >= 15 is 0 Å². The normalized spacial score (nSPS) is 15.2. The van der Waals surface area contributed by atoms with Crippen molar-refractivity contribution in [2.75, 3.05) is 17.2 Å². The molecule has 0 radical (unpaired) electrons. The number of nitrogens with one attached hydrogen (secondary N) is 2. The van der Waals surface area contributed by atoms with Gasteiger partial charge in [0.1, 0.15) is 5.75 Å². The molecule has 0 saturated heterocycles. The fraction of sp³-hybridized carbons (Fsp3) is 0.200. The molecule has 0 unspecified atom stereocenters. The monoisotopic (exact) mass is 376 g/mol. The van der Waals surface area contributed by atoms with Crippen molar-refractivity contribution in [3.8, 4) is 5.75 Å². The molecule has 0 spiro atoms. The van der Waals surface area contributed by atoms with Gasteiger partial charge in [0.25, 0.3) is 5.56 Å². The Labute approximate surface area is 162 Å². The van der Waals surface area contributed by atoms with Crippen LogP contribution in [0.5, 0.6) is 5.75 Å². The topological polar surface area (TPSA) is 93.4 Å². The molecular formula is C20H20N6O2. The lowest BCUT2D eigenvalue weighted by molar-refractivity contribution is 0.340. The molecule has 8 heteroatoms. The van der Waals surface area contributed by atoms with Crippen LogP contribution in [0.3, 0.4) is 0 Å². The van der Waals surface area contributed by atoms with E-state index in [2.05, 4.69) is 25.6 Å². The highest BCUT2D eigenvalue weighted by atomic mass is 16.5. The fourth-order valence-corrected chi connectivity index (χ4v) is 3.00. The van der Waals surface area contributed by atoms with Gasteiger partial charge in [-0.05, 0) is 44.2 Å². The molecule has 2 aromatic heterocycles. The molecule has 1 aliphatic heterocycles. The van der Waals surface area contributed by atoms with Crippen molar-refractivity contribution in [2.24, 2.45) is 4.99 Å². The number of aryl methyl sites for hydroxylation is 1. The molecule has 1 aromatic carbocycles. The summed E-state index contributed by atoms with van der Waals surface area (Å²) in [5.74, 6) is 1.73. The quantitative estimate of drug-likeness (QED) is 0.727. The Hall–Kier alpha value is -3.68. The van der Waals surface area contributed by atoms with Crippen molar-refractivity contribution < 1.29 is 4.74 Å². The van der Waals surface area contributed by atoms with Gasteiger partial charge < -0.3 is 10.1 Å². The first-order valence-electron chi connectivity index (χ1n) is 8.99. The number of aromatic nitrogens is 3. The third kappa shape index (κ3) is 3.57. The summed E-state index contributed by atoms with van der Waals surface area (Å²) in [6, 6.07) is 12.8. The number of anilines is 2. The Morgan fingerprint density at radius 1 is 1.25 bits per heavy atom. The van der Waals surface area contributed by atoms with Crippen molar-refractivity contribution in [1.82, 2.24) is 14.5 Å². The van der Waals surface area contributed by atoms with Crippen LogP contribution in [0.15, 0.2) is 64.6 Å². The van der Waals surface area contributed by atoms with E-state index in [0.29, 0.717) is 24.2 Å². The van der Waals surface area contributed by atoms with Crippen LogP contribution in [0.25, 0.3) is 0 Å². The number of nitrogens with zero attached hydrogens (tertiary/aromatic N) is 4. The second kappa shape index (κ2) is 7.51. The van der Waals surface area contributed by atoms with Crippen molar-refractivity contribution in [3.63, 3.8) is 0 Å². The lowest BCUT2D eigenvalue weighted by Crippen LogP contribution is -2.37. The molecule has 142 valence electrons. The first-order valence-corrected chi connectivity index (χ1v) is 8.99. The third-order valence-electron chi connectivity index (χ3n) is 4.22. The maximum Gasteiger partial charge on any atom is 0.257 e. The predicted molar refractivity (Wildman–Crippen MR) is 108 cm³/mol. The van der Waals surface area contributed by atoms with Gasteiger partial charge in [-0.1, -0.05) is 6.07 Å². The van der Waals surface area contributed by atoms with Crippen LogP contribution in [0.1, 0.15) is 24.3 Å². The van der Waals surface area contributed by atoms with Crippen LogP contribution in [-0.4, -0.2) is 27.1 Å². The molecule has 0 saturated carbocycles. The zero-order valence-electron chi connectivity index (χ0n) is 15.6. The van der Waals surface area contributed by atoms with Crippen molar-refractivity contribution in [1.29, 1.82) is 0 Å². The van der Waals surface area contributed by atoms with E-state index < -0.39 is 6.17 Å². The number of benzene rings is 1. The molecule has 8 nitrogen and oxygen atoms in total. The minimum Gasteiger partial charge on any atom is -0.494 e. The second-order valence-corrected chi connectivity index (χ2v) is 6.27. The second-order valence-electron chi connectivity index (χ2n) is 6.27. The Morgan fingerprint density at radius 2 is 2.07 bits per heavy atom. The van der Waals surface area contributed by atoms with E-state index in [-0.39, 0.29) is 5.56 Å². The lowest BCUT2D eigenvalue weighted by Gasteiger charge is -2.26. The highest BCUT2D eigenvalue weighted by Gasteiger charge is 2.25. The highest BCUT2D eigenvalue weighted by molar-refractivity contribution is 6.03. The summed E-state index contributed by atoms with van der Waals surface area (Å²) in [4.78, 5) is 25.9. The molecule has 0 amide bonds. The van der Waals surface area contributed by atoms with E-state index in [9.17, 15) is 4.79 Å². The molecule has 0 aliphatic carbocycles. The van der Waals surface area contributed by atoms with Gasteiger partial charge in [-0.25, -0.2) is 9.98 Å². The standard InChI is InChI=1S/C20H20N6O2/c1-3-28-16-8-6-15(7-9-16)23-19-24-18(14-5-4-10-21-12-14)26-17(27)11-13(2)22-20(26)25-19/h4-12,18H,3H2,1-2H3,(H2,22,23,24,25)/t18-/m0/s1. The number of aliphatic imine (C=N–C) groups is 1. The zero-order valence-corrected chi connectivity index (χ0v) is 15.6. The summed E-state index contributed by atoms with van der Waals surface area (Å²) < 4.78 is 6.99. The largest absolute Gasteiger partial charge is 0.494 e. The van der Waals surface area contributed by atoms with Gasteiger partial charge in [0.15, 0.2) is 6.17 Å². The maximum absolute atomic E-state index is 12.6. The average molecular weight is 376 g/mol. The van der Waals surface area contributed by atoms with E-state index in [1.165, 1.54) is 10.6 Å². The molecule has 1 atom stereocenters. The molecule has 0 bridgehead atoms. The number of pyridine rings is 1. The predicted octanol–water partition coefficient (Wildman–Crippen LogP) is 2.79. The molecule has 2 N–H and O–H groups in total. The van der Waals surface area contributed by atoms with E-state index in [0.717, 1.165) is 17.0 Å². The Morgan fingerprint density at radius 3 is 2.79 bits per heavy atom. The van der Waals surface area contributed by atoms with Gasteiger partial charge in [-0.3, -0.25) is 19.7 Å². The van der Waals surface area contributed by atoms with Crippen LogP contribution in [0.4, 0.5) is 11.6 Å². The minimum absolute atomic E-state index is 0.173. The molecule has 4 rings (SSSR count). The summed E-state index contributed by atoms with van der Waals surface area (Å²) in [5.41, 5.74) is 2.09. The van der Waals surface area contributed by atoms with E-state index in [4.69, 9.17) is 4.74 Å². The summed E-state index contributed by atoms with van der Waals surface area (Å²) in [5, 5.41) is 6.34. The molecule has 3 aromatic rings. The van der Waals surface area contributed by atoms with Crippen LogP contribution in [-0.2, 0) is 0 Å². The van der Waals surface area contributed by atoms with Gasteiger partial charge >= 0.3 is 0 Å². The first kappa shape index (κ1) is 17.7. The van der Waals surface area contributed by atoms with Gasteiger partial charge in [0, 0.05) is 35.4 Å². The number of ether oxygens (including phenoxy) is 1. The van der Waals surface area contributed by atoms with Gasteiger partial charge in [0.05, 0.1) is 6.61 Å². The first-order chi connectivity index (χ1) is 13.6. The third-order valence-corrected chi connectivity index (χ3v) is 4.22. The average Bonchev–Trinajstić information content (AvgIpc) is 2.69. The highest BCUT2D eigenvalue weighted by Crippen LogP contribution is 2.25. The molecular weight excluding hydrogens is 356 g/mol. The fourth-order valence-electron chi connectivity index (χ4n) is 3.00. The van der Waals surface area contributed by atoms with Crippen molar-refractivity contribution >= 4 is 17.6 Å². The van der Waals surface area contributed by atoms with Gasteiger partial charge in [-0.15, -0.1) is 0 Å². The number of rotatable bonds is 4. The summed E-state index contributed by atoms with van der Waals surface area (Å²) in [6.07, 6.45) is 2.82. The zero-order chi connectivity index (χ0) is 19.5. The molecule has 3 heterocycles. The van der Waals surface area contributed by atoms with Crippen LogP contribution in [0, 0.1) is 6.92 Å². The Balaban J connectivity index is 1.70. The number of guanidine groups is 1. The Kier molecular flexibility index (Phi) is 4.76. The number of hydrogen-bond donors (Lipinski definition) is 2. The smallest absolute Gasteiger partial charge is 0.257 e. The van der Waals surface area contributed by atoms with E-state index in [1.807, 2.05) is 43.3 Å². The molecule has 28 heavy (non-hydrogen) atoms. The van der Waals surface area contributed by atoms with Crippen LogP contribution >= 0.6 is 0 Å². The maximum atomic E-state index is 12.6. The van der Waals surface area contributed by atoms with Crippen LogP contribution in [0.2, 0.25) is 0 Å². The van der Waals surface area contributed by atoms with Gasteiger partial charge in [-0.2, -0.15) is 0 Å². The van der Waals surface area contributed by atoms with E-state index in [1.54, 1.807) is 19.3 Å².